The second-order valence-electron chi connectivity index (χ2n) is 7.15. The van der Waals surface area contributed by atoms with E-state index in [-0.39, 0.29) is 34.8 Å². The summed E-state index contributed by atoms with van der Waals surface area (Å²) in [5.41, 5.74) is -1.51. The Labute approximate surface area is 179 Å². The van der Waals surface area contributed by atoms with Crippen LogP contribution < -0.4 is 5.69 Å². The quantitative estimate of drug-likeness (QED) is 0.441. The number of fused-ring (bicyclic) bond motifs is 1. The fraction of sp³-hybridized carbons (Fsp3) is 0.182. The highest BCUT2D eigenvalue weighted by atomic mass is 32.2. The first-order valence-electron chi connectivity index (χ1n) is 9.35. The lowest BCUT2D eigenvalue weighted by atomic mass is 10.1. The Morgan fingerprint density at radius 3 is 2.45 bits per heavy atom. The highest BCUT2D eigenvalue weighted by molar-refractivity contribution is 8.00. The highest BCUT2D eigenvalue weighted by Gasteiger charge is 2.29. The highest BCUT2D eigenvalue weighted by Crippen LogP contribution is 2.37. The standard InChI is InChI=1S/C22H18F3N3O2S/c1-13-3-8-19-18(11-13)15(9-10-26-19)12-27-14(2)20(29)28(21(27)30)16-4-6-17(7-5-16)31-22(23,24)25/h3-11,29H,12H2,1-2H3. The van der Waals surface area contributed by atoms with Gasteiger partial charge < -0.3 is 5.11 Å². The maximum atomic E-state index is 13.1. The first-order chi connectivity index (χ1) is 14.6. The van der Waals surface area contributed by atoms with E-state index >= 15 is 0 Å². The molecule has 0 aliphatic rings. The zero-order chi connectivity index (χ0) is 22.3. The van der Waals surface area contributed by atoms with E-state index in [1.54, 1.807) is 13.1 Å². The first-order valence-corrected chi connectivity index (χ1v) is 10.2. The van der Waals surface area contributed by atoms with Gasteiger partial charge in [-0.3, -0.25) is 9.55 Å². The number of halogens is 3. The number of nitrogens with zero attached hydrogens (tertiary/aromatic N) is 3. The van der Waals surface area contributed by atoms with Crippen LogP contribution in [0.15, 0.2) is 64.4 Å². The van der Waals surface area contributed by atoms with Crippen molar-refractivity contribution in [1.29, 1.82) is 0 Å². The molecule has 0 spiro atoms. The summed E-state index contributed by atoms with van der Waals surface area (Å²) in [6.45, 7) is 3.81. The van der Waals surface area contributed by atoms with Crippen molar-refractivity contribution in [2.45, 2.75) is 30.8 Å². The lowest BCUT2D eigenvalue weighted by Crippen LogP contribution is -2.24. The van der Waals surface area contributed by atoms with Gasteiger partial charge in [0.05, 0.1) is 23.4 Å². The van der Waals surface area contributed by atoms with Crippen LogP contribution in [0, 0.1) is 13.8 Å². The van der Waals surface area contributed by atoms with Crippen molar-refractivity contribution >= 4 is 22.7 Å². The van der Waals surface area contributed by atoms with Crippen LogP contribution in [0.5, 0.6) is 5.88 Å². The number of hydrogen-bond acceptors (Lipinski definition) is 4. The molecule has 160 valence electrons. The maximum absolute atomic E-state index is 13.1. The van der Waals surface area contributed by atoms with E-state index in [0.29, 0.717) is 5.69 Å². The molecule has 0 unspecified atom stereocenters. The molecule has 31 heavy (non-hydrogen) atoms. The third-order valence-corrected chi connectivity index (χ3v) is 5.75. The second-order valence-corrected chi connectivity index (χ2v) is 8.28. The Morgan fingerprint density at radius 2 is 1.77 bits per heavy atom. The Balaban J connectivity index is 1.74. The molecule has 0 bridgehead atoms. The molecule has 4 aromatic rings. The van der Waals surface area contributed by atoms with Gasteiger partial charge in [-0.25, -0.2) is 9.36 Å². The number of aromatic hydroxyl groups is 1. The van der Waals surface area contributed by atoms with E-state index in [1.807, 2.05) is 31.2 Å². The minimum atomic E-state index is -4.40. The summed E-state index contributed by atoms with van der Waals surface area (Å²) in [5.74, 6) is -0.254. The van der Waals surface area contributed by atoms with Crippen molar-refractivity contribution in [2.24, 2.45) is 0 Å². The number of aromatic nitrogens is 3. The SMILES string of the molecule is Cc1ccc2nccc(Cn3c(C)c(O)n(-c4ccc(SC(F)(F)F)cc4)c3=O)c2c1. The number of rotatable bonds is 4. The number of hydrogen-bond donors (Lipinski definition) is 1. The van der Waals surface area contributed by atoms with Crippen LogP contribution in [0.4, 0.5) is 13.2 Å². The summed E-state index contributed by atoms with van der Waals surface area (Å²) in [4.78, 5) is 17.4. The molecule has 0 fully saturated rings. The Bertz CT molecular complexity index is 1330. The normalized spacial score (nSPS) is 11.9. The van der Waals surface area contributed by atoms with Gasteiger partial charge in [0.1, 0.15) is 0 Å². The van der Waals surface area contributed by atoms with Crippen LogP contribution >= 0.6 is 11.8 Å². The summed E-state index contributed by atoms with van der Waals surface area (Å²) in [6.07, 6.45) is 1.67. The topological polar surface area (TPSA) is 60.0 Å². The van der Waals surface area contributed by atoms with Crippen LogP contribution in [0.2, 0.25) is 0 Å². The van der Waals surface area contributed by atoms with Gasteiger partial charge in [0, 0.05) is 16.5 Å². The van der Waals surface area contributed by atoms with Crippen LogP contribution in [0.3, 0.4) is 0 Å². The number of alkyl halides is 3. The van der Waals surface area contributed by atoms with E-state index in [0.717, 1.165) is 26.6 Å². The van der Waals surface area contributed by atoms with Gasteiger partial charge in [-0.1, -0.05) is 11.6 Å². The minimum absolute atomic E-state index is 0.00133. The van der Waals surface area contributed by atoms with E-state index < -0.39 is 11.2 Å². The van der Waals surface area contributed by atoms with Gasteiger partial charge in [-0.2, -0.15) is 13.2 Å². The number of imidazole rings is 1. The fourth-order valence-corrected chi connectivity index (χ4v) is 4.02. The van der Waals surface area contributed by atoms with E-state index in [4.69, 9.17) is 0 Å². The minimum Gasteiger partial charge on any atom is -0.493 e. The van der Waals surface area contributed by atoms with Crippen LogP contribution in [-0.4, -0.2) is 24.7 Å². The zero-order valence-electron chi connectivity index (χ0n) is 16.6. The monoisotopic (exact) mass is 445 g/mol. The molecular weight excluding hydrogens is 427 g/mol. The average Bonchev–Trinajstić information content (AvgIpc) is 2.91. The van der Waals surface area contributed by atoms with Crippen molar-refractivity contribution in [1.82, 2.24) is 14.1 Å². The first kappa shape index (κ1) is 21.0. The molecular formula is C22H18F3N3O2S. The molecule has 1 N–H and O–H groups in total. The van der Waals surface area contributed by atoms with Gasteiger partial charge in [0.15, 0.2) is 0 Å². The van der Waals surface area contributed by atoms with Crippen molar-refractivity contribution in [2.75, 3.05) is 0 Å². The summed E-state index contributed by atoms with van der Waals surface area (Å²) < 4.78 is 40.2. The number of thioether (sulfide) groups is 1. The Hall–Kier alpha value is -3.20. The number of aryl methyl sites for hydroxylation is 1. The van der Waals surface area contributed by atoms with Crippen LogP contribution in [-0.2, 0) is 6.54 Å². The maximum Gasteiger partial charge on any atom is 0.446 e. The van der Waals surface area contributed by atoms with E-state index in [2.05, 4.69) is 4.98 Å². The molecule has 9 heteroatoms. The van der Waals surface area contributed by atoms with Crippen LogP contribution in [0.25, 0.3) is 16.6 Å². The third-order valence-electron chi connectivity index (χ3n) is 5.01. The summed E-state index contributed by atoms with van der Waals surface area (Å²) in [5, 5.41) is 11.5. The molecule has 0 saturated carbocycles. The molecule has 2 heterocycles. The van der Waals surface area contributed by atoms with Gasteiger partial charge in [-0.05, 0) is 73.6 Å². The molecule has 5 nitrogen and oxygen atoms in total. The Morgan fingerprint density at radius 1 is 1.06 bits per heavy atom. The summed E-state index contributed by atoms with van der Waals surface area (Å²) in [6, 6.07) is 13.0. The van der Waals surface area contributed by atoms with E-state index in [9.17, 15) is 23.1 Å². The van der Waals surface area contributed by atoms with Crippen molar-refractivity contribution in [3.05, 3.63) is 82.0 Å². The lowest BCUT2D eigenvalue weighted by Gasteiger charge is -2.09. The average molecular weight is 445 g/mol. The fourth-order valence-electron chi connectivity index (χ4n) is 3.48. The molecule has 0 aliphatic carbocycles. The third kappa shape index (κ3) is 4.18. The molecule has 2 aromatic carbocycles. The smallest absolute Gasteiger partial charge is 0.446 e. The molecule has 0 atom stereocenters. The molecule has 0 saturated heterocycles. The van der Waals surface area contributed by atoms with Gasteiger partial charge in [-0.15, -0.1) is 0 Å². The predicted octanol–water partition coefficient (Wildman–Crippen LogP) is 5.17. The Kier molecular flexibility index (Phi) is 5.30. The van der Waals surface area contributed by atoms with Crippen molar-refractivity contribution in [3.8, 4) is 11.6 Å². The number of pyridine rings is 1. The molecule has 0 amide bonds. The summed E-state index contributed by atoms with van der Waals surface area (Å²) in [7, 11) is 0. The second kappa shape index (κ2) is 7.81. The molecule has 4 rings (SSSR count). The van der Waals surface area contributed by atoms with Gasteiger partial charge >= 0.3 is 11.2 Å². The molecule has 2 aromatic heterocycles. The predicted molar refractivity (Wildman–Crippen MR) is 114 cm³/mol. The molecule has 0 radical (unpaired) electrons. The van der Waals surface area contributed by atoms with Gasteiger partial charge in [0.2, 0.25) is 5.88 Å². The number of benzene rings is 2. The largest absolute Gasteiger partial charge is 0.493 e. The molecule has 0 aliphatic heterocycles. The van der Waals surface area contributed by atoms with Crippen molar-refractivity contribution in [3.63, 3.8) is 0 Å². The summed E-state index contributed by atoms with van der Waals surface area (Å²) >= 11 is -0.236. The zero-order valence-corrected chi connectivity index (χ0v) is 17.5. The van der Waals surface area contributed by atoms with Crippen molar-refractivity contribution < 1.29 is 18.3 Å². The van der Waals surface area contributed by atoms with E-state index in [1.165, 1.54) is 28.8 Å². The van der Waals surface area contributed by atoms with Crippen LogP contribution in [0.1, 0.15) is 16.8 Å². The lowest BCUT2D eigenvalue weighted by molar-refractivity contribution is -0.0328. The van der Waals surface area contributed by atoms with Gasteiger partial charge in [0.25, 0.3) is 0 Å².